The number of oxazole rings is 1. The Kier molecular flexibility index (Phi) is 11.9. The lowest BCUT2D eigenvalue weighted by Crippen LogP contribution is -2.34. The molecule has 11 nitrogen and oxygen atoms in total. The van der Waals surface area contributed by atoms with E-state index in [1.807, 2.05) is 6.07 Å². The summed E-state index contributed by atoms with van der Waals surface area (Å²) >= 11 is 0. The molecule has 3 aromatic carbocycles. The van der Waals surface area contributed by atoms with Crippen LogP contribution >= 0.6 is 0 Å². The van der Waals surface area contributed by atoms with E-state index in [0.717, 1.165) is 0 Å². The van der Waals surface area contributed by atoms with Gasteiger partial charge in [-0.05, 0) is 62.1 Å². The van der Waals surface area contributed by atoms with Crippen molar-refractivity contribution in [2.75, 3.05) is 32.3 Å². The zero-order valence-electron chi connectivity index (χ0n) is 25.8. The fraction of sp³-hybridized carbons (Fsp3) is 0.364. The molecule has 4 aromatic rings. The maximum atomic E-state index is 13.3. The Balaban J connectivity index is 1.35. The van der Waals surface area contributed by atoms with Gasteiger partial charge < -0.3 is 19.2 Å². The molecule has 0 bridgehead atoms. The molecule has 0 saturated carbocycles. The average molecular weight is 671 g/mol. The number of nitrogens with zero attached hydrogens (tertiary/aromatic N) is 1. The van der Waals surface area contributed by atoms with Gasteiger partial charge in [-0.3, -0.25) is 9.59 Å². The first-order valence-electron chi connectivity index (χ1n) is 14.9. The van der Waals surface area contributed by atoms with Crippen LogP contribution in [0.1, 0.15) is 49.2 Å². The lowest BCUT2D eigenvalue weighted by atomic mass is 10.0. The maximum absolute atomic E-state index is 13.3. The van der Waals surface area contributed by atoms with E-state index in [1.165, 1.54) is 38.5 Å². The summed E-state index contributed by atoms with van der Waals surface area (Å²) in [4.78, 5) is 30.0. The number of carbonyl (C=O) groups excluding carboxylic acids is 2. The first-order valence-corrected chi connectivity index (χ1v) is 18.2. The Morgan fingerprint density at radius 2 is 1.30 bits per heavy atom. The number of hydrogen-bond donors (Lipinski definition) is 1. The molecule has 1 N–H and O–H groups in total. The van der Waals surface area contributed by atoms with Crippen LogP contribution in [-0.2, 0) is 24.5 Å². The van der Waals surface area contributed by atoms with Crippen molar-refractivity contribution in [1.29, 1.82) is 0 Å². The molecule has 0 unspecified atom stereocenters. The van der Waals surface area contributed by atoms with Crippen molar-refractivity contribution in [1.82, 2.24) is 10.3 Å². The van der Waals surface area contributed by atoms with Crippen LogP contribution in [0.4, 0.5) is 0 Å². The van der Waals surface area contributed by atoms with E-state index in [2.05, 4.69) is 10.3 Å². The first-order chi connectivity index (χ1) is 22.1. The number of para-hydroxylation sites is 4. The van der Waals surface area contributed by atoms with Crippen LogP contribution in [0.3, 0.4) is 0 Å². The third-order valence-electron chi connectivity index (χ3n) is 7.56. The molecule has 0 aliphatic heterocycles. The van der Waals surface area contributed by atoms with Gasteiger partial charge in [-0.15, -0.1) is 0 Å². The van der Waals surface area contributed by atoms with Crippen molar-refractivity contribution >= 4 is 42.5 Å². The van der Waals surface area contributed by atoms with E-state index < -0.39 is 31.5 Å². The first kappa shape index (κ1) is 34.6. The van der Waals surface area contributed by atoms with Crippen LogP contribution in [0.25, 0.3) is 11.1 Å². The summed E-state index contributed by atoms with van der Waals surface area (Å²) in [5.41, 5.74) is 1.17. The van der Waals surface area contributed by atoms with Crippen molar-refractivity contribution in [3.63, 3.8) is 0 Å². The van der Waals surface area contributed by atoms with Gasteiger partial charge in [-0.25, -0.2) is 21.8 Å². The molecule has 4 rings (SSSR count). The summed E-state index contributed by atoms with van der Waals surface area (Å²) in [6, 6.07) is 19.6. The highest BCUT2D eigenvalue weighted by Crippen LogP contribution is 2.28. The normalized spacial score (nSPS) is 11.9. The minimum absolute atomic E-state index is 0.00527. The fourth-order valence-corrected chi connectivity index (χ4v) is 8.13. The number of Topliss-reactive ketones (excluding diaryl/α,β-unsaturated/α-hetero) is 1. The van der Waals surface area contributed by atoms with Crippen molar-refractivity contribution in [3.05, 3.63) is 78.7 Å². The van der Waals surface area contributed by atoms with Gasteiger partial charge in [-0.1, -0.05) is 42.8 Å². The molecule has 0 aliphatic rings. The second-order valence-corrected chi connectivity index (χ2v) is 14.9. The summed E-state index contributed by atoms with van der Waals surface area (Å²) < 4.78 is 68.7. The number of sulfone groups is 2. The summed E-state index contributed by atoms with van der Waals surface area (Å²) in [7, 11) is -4.93. The van der Waals surface area contributed by atoms with Crippen molar-refractivity contribution in [2.45, 2.75) is 48.3 Å². The largest absolute Gasteiger partial charge is 0.495 e. The van der Waals surface area contributed by atoms with Gasteiger partial charge in [-0.2, -0.15) is 0 Å². The van der Waals surface area contributed by atoms with E-state index in [4.69, 9.17) is 13.9 Å². The van der Waals surface area contributed by atoms with E-state index in [-0.39, 0.29) is 70.3 Å². The summed E-state index contributed by atoms with van der Waals surface area (Å²) in [6.45, 7) is 0.283. The zero-order chi connectivity index (χ0) is 33.2. The highest BCUT2D eigenvalue weighted by molar-refractivity contribution is 7.91. The van der Waals surface area contributed by atoms with Gasteiger partial charge in [0.15, 0.2) is 25.3 Å². The van der Waals surface area contributed by atoms with Crippen LogP contribution < -0.4 is 14.8 Å². The highest BCUT2D eigenvalue weighted by atomic mass is 32.2. The number of unbranched alkanes of at least 4 members (excludes halogenated alkanes) is 2. The quantitative estimate of drug-likeness (QED) is 0.112. The van der Waals surface area contributed by atoms with E-state index in [0.29, 0.717) is 30.4 Å². The Hall–Kier alpha value is -4.23. The average Bonchev–Trinajstić information content (AvgIpc) is 3.50. The molecule has 0 atom stereocenters. The Bertz CT molecular complexity index is 1750. The standard InChI is InChI=1S/C33H38N2O9S2/c1-42-28-15-7-9-17-30(28)45(38,39)22-19-24(20-23-46(40,41)31-18-10-8-16-29(31)43-2)32(37)34-21-11-3-4-13-26(36)33-35-25-12-5-6-14-27(25)44-33/h5-10,12,14-18,24H,3-4,11,13,19-23H2,1-2H3,(H,34,37). The molecule has 1 heterocycles. The van der Waals surface area contributed by atoms with Gasteiger partial charge in [0.05, 0.1) is 25.7 Å². The van der Waals surface area contributed by atoms with Gasteiger partial charge in [0.1, 0.15) is 26.8 Å². The number of nitrogens with one attached hydrogen (secondary N) is 1. The number of aromatic nitrogens is 1. The lowest BCUT2D eigenvalue weighted by Gasteiger charge is -2.18. The fourth-order valence-electron chi connectivity index (χ4n) is 5.01. The number of methoxy groups -OCH3 is 2. The molecule has 0 radical (unpaired) electrons. The molecular weight excluding hydrogens is 633 g/mol. The minimum Gasteiger partial charge on any atom is -0.495 e. The number of amides is 1. The molecular formula is C33H38N2O9S2. The number of rotatable bonds is 18. The highest BCUT2D eigenvalue weighted by Gasteiger charge is 2.28. The predicted molar refractivity (Wildman–Crippen MR) is 173 cm³/mol. The Morgan fingerprint density at radius 1 is 0.761 bits per heavy atom. The Labute approximate surface area is 269 Å². The van der Waals surface area contributed by atoms with E-state index in [1.54, 1.807) is 42.5 Å². The van der Waals surface area contributed by atoms with Crippen LogP contribution in [0.15, 0.2) is 87.0 Å². The summed E-state index contributed by atoms with van der Waals surface area (Å²) in [6.07, 6.45) is 1.83. The number of ketones is 1. The monoisotopic (exact) mass is 670 g/mol. The molecule has 0 saturated heterocycles. The van der Waals surface area contributed by atoms with E-state index >= 15 is 0 Å². The van der Waals surface area contributed by atoms with Gasteiger partial charge in [0.2, 0.25) is 11.7 Å². The molecule has 46 heavy (non-hydrogen) atoms. The van der Waals surface area contributed by atoms with Crippen molar-refractivity contribution in [3.8, 4) is 11.5 Å². The smallest absolute Gasteiger partial charge is 0.264 e. The summed E-state index contributed by atoms with van der Waals surface area (Å²) in [5.74, 6) is -1.83. The number of benzene rings is 3. The third kappa shape index (κ3) is 8.94. The number of ether oxygens (including phenoxy) is 2. The molecule has 0 aliphatic carbocycles. The molecule has 0 fully saturated rings. The van der Waals surface area contributed by atoms with Crippen LogP contribution in [0, 0.1) is 5.92 Å². The Morgan fingerprint density at radius 3 is 1.87 bits per heavy atom. The molecule has 1 amide bonds. The van der Waals surface area contributed by atoms with Crippen LogP contribution in [0.2, 0.25) is 0 Å². The van der Waals surface area contributed by atoms with Crippen molar-refractivity contribution < 1.29 is 40.3 Å². The zero-order valence-corrected chi connectivity index (χ0v) is 27.4. The third-order valence-corrected chi connectivity index (χ3v) is 11.1. The number of hydrogen-bond acceptors (Lipinski definition) is 10. The van der Waals surface area contributed by atoms with Crippen LogP contribution in [-0.4, -0.2) is 65.8 Å². The van der Waals surface area contributed by atoms with Gasteiger partial charge in [0, 0.05) is 18.9 Å². The van der Waals surface area contributed by atoms with Gasteiger partial charge >= 0.3 is 0 Å². The van der Waals surface area contributed by atoms with E-state index in [9.17, 15) is 26.4 Å². The maximum Gasteiger partial charge on any atom is 0.264 e. The van der Waals surface area contributed by atoms with Crippen molar-refractivity contribution in [2.24, 2.45) is 5.92 Å². The molecule has 1 aromatic heterocycles. The topological polar surface area (TPSA) is 159 Å². The molecule has 0 spiro atoms. The molecule has 13 heteroatoms. The number of fused-ring (bicyclic) bond motifs is 1. The molecule has 246 valence electrons. The SMILES string of the molecule is COc1ccccc1S(=O)(=O)CCC(CCS(=O)(=O)c1ccccc1OC)C(=O)NCCCCCC(=O)c1nc2ccccc2o1. The summed E-state index contributed by atoms with van der Waals surface area (Å²) in [5, 5.41) is 2.82. The minimum atomic E-state index is -3.84. The number of carbonyl (C=O) groups is 2. The van der Waals surface area contributed by atoms with Gasteiger partial charge in [0.25, 0.3) is 5.89 Å². The second kappa shape index (κ2) is 15.9. The van der Waals surface area contributed by atoms with Crippen LogP contribution in [0.5, 0.6) is 11.5 Å². The lowest BCUT2D eigenvalue weighted by molar-refractivity contribution is -0.125. The second-order valence-electron chi connectivity index (χ2n) is 10.7. The predicted octanol–water partition coefficient (Wildman–Crippen LogP) is 5.05.